The van der Waals surface area contributed by atoms with Gasteiger partial charge in [-0.2, -0.15) is 0 Å². The molecule has 82 valence electrons. The average molecular weight is 198 g/mol. The van der Waals surface area contributed by atoms with Gasteiger partial charge in [0, 0.05) is 25.7 Å². The van der Waals surface area contributed by atoms with E-state index in [-0.39, 0.29) is 0 Å². The molecule has 2 atom stereocenters. The third kappa shape index (κ3) is 3.23. The summed E-state index contributed by atoms with van der Waals surface area (Å²) >= 11 is 0. The molecule has 0 amide bonds. The van der Waals surface area contributed by atoms with Crippen LogP contribution in [0.15, 0.2) is 0 Å². The van der Waals surface area contributed by atoms with Gasteiger partial charge in [0.1, 0.15) is 0 Å². The first-order valence-corrected chi connectivity index (χ1v) is 6.01. The van der Waals surface area contributed by atoms with E-state index in [9.17, 15) is 0 Å². The summed E-state index contributed by atoms with van der Waals surface area (Å²) in [5.41, 5.74) is 0. The highest BCUT2D eigenvalue weighted by molar-refractivity contribution is 4.76. The van der Waals surface area contributed by atoms with Gasteiger partial charge in [-0.15, -0.1) is 0 Å². The van der Waals surface area contributed by atoms with Gasteiger partial charge in [-0.25, -0.2) is 0 Å². The summed E-state index contributed by atoms with van der Waals surface area (Å²) in [6.45, 7) is 4.32. The Morgan fingerprint density at radius 3 is 2.86 bits per heavy atom. The first kappa shape index (κ1) is 10.4. The summed E-state index contributed by atoms with van der Waals surface area (Å²) in [5.74, 6) is 0. The first-order chi connectivity index (χ1) is 6.95. The quantitative estimate of drug-likeness (QED) is 0.704. The van der Waals surface area contributed by atoms with E-state index < -0.39 is 0 Å². The Morgan fingerprint density at radius 1 is 1.14 bits per heavy atom. The van der Waals surface area contributed by atoms with Crippen molar-refractivity contribution in [3.63, 3.8) is 0 Å². The fraction of sp³-hybridized carbons (Fsp3) is 1.00. The molecule has 3 nitrogen and oxygen atoms in total. The molecule has 0 aromatic carbocycles. The van der Waals surface area contributed by atoms with E-state index >= 15 is 0 Å². The predicted octanol–water partition coefficient (Wildman–Crippen LogP) is 0.897. The lowest BCUT2D eigenvalue weighted by Crippen LogP contribution is -2.43. The van der Waals surface area contributed by atoms with Crippen molar-refractivity contribution in [2.24, 2.45) is 0 Å². The molecule has 0 aromatic heterocycles. The van der Waals surface area contributed by atoms with Crippen LogP contribution in [0.2, 0.25) is 0 Å². The third-order valence-electron chi connectivity index (χ3n) is 3.20. The Hall–Kier alpha value is -0.120. The number of hydrogen-bond acceptors (Lipinski definition) is 3. The molecule has 2 unspecified atom stereocenters. The molecule has 2 aliphatic rings. The molecule has 2 fully saturated rings. The molecule has 2 rings (SSSR count). The zero-order valence-corrected chi connectivity index (χ0v) is 8.93. The van der Waals surface area contributed by atoms with Crippen LogP contribution >= 0.6 is 0 Å². The average Bonchev–Trinajstić information content (AvgIpc) is 2.72. The number of nitrogens with one attached hydrogen (secondary N) is 2. The van der Waals surface area contributed by atoms with Gasteiger partial charge in [-0.1, -0.05) is 6.42 Å². The van der Waals surface area contributed by atoms with Gasteiger partial charge in [0.25, 0.3) is 0 Å². The van der Waals surface area contributed by atoms with E-state index in [0.717, 1.165) is 19.7 Å². The second-order valence-corrected chi connectivity index (χ2v) is 4.44. The molecule has 2 heterocycles. The largest absolute Gasteiger partial charge is 0.377 e. The molecule has 0 bridgehead atoms. The van der Waals surface area contributed by atoms with E-state index in [2.05, 4.69) is 10.6 Å². The number of rotatable bonds is 4. The normalized spacial score (nSPS) is 33.4. The van der Waals surface area contributed by atoms with Crippen LogP contribution in [0.1, 0.15) is 32.1 Å². The molecule has 0 aromatic rings. The van der Waals surface area contributed by atoms with Gasteiger partial charge in [0.15, 0.2) is 0 Å². The predicted molar refractivity (Wildman–Crippen MR) is 57.5 cm³/mol. The van der Waals surface area contributed by atoms with Crippen molar-refractivity contribution in [2.45, 2.75) is 44.2 Å². The lowest BCUT2D eigenvalue weighted by Gasteiger charge is -2.24. The van der Waals surface area contributed by atoms with E-state index in [0.29, 0.717) is 12.1 Å². The molecule has 2 aliphatic heterocycles. The maximum Gasteiger partial charge on any atom is 0.0700 e. The standard InChI is InChI=1S/C11H22N2O/c1-2-6-13-10(4-1)8-12-9-11-5-3-7-14-11/h10-13H,1-9H2. The zero-order valence-electron chi connectivity index (χ0n) is 8.93. The van der Waals surface area contributed by atoms with Gasteiger partial charge in [0.05, 0.1) is 6.10 Å². The Kier molecular flexibility index (Phi) is 4.22. The molecule has 0 radical (unpaired) electrons. The van der Waals surface area contributed by atoms with Crippen LogP contribution in [0.25, 0.3) is 0 Å². The summed E-state index contributed by atoms with van der Waals surface area (Å²) < 4.78 is 5.56. The number of piperidine rings is 1. The molecule has 2 saturated heterocycles. The molecule has 2 N–H and O–H groups in total. The van der Waals surface area contributed by atoms with Crippen LogP contribution in [0, 0.1) is 0 Å². The second-order valence-electron chi connectivity index (χ2n) is 4.44. The summed E-state index contributed by atoms with van der Waals surface area (Å²) in [6.07, 6.45) is 7.04. The van der Waals surface area contributed by atoms with Crippen molar-refractivity contribution in [3.8, 4) is 0 Å². The van der Waals surface area contributed by atoms with Gasteiger partial charge in [-0.3, -0.25) is 0 Å². The molecule has 0 spiro atoms. The molecule has 3 heteroatoms. The van der Waals surface area contributed by atoms with Crippen LogP contribution < -0.4 is 10.6 Å². The van der Waals surface area contributed by atoms with Crippen molar-refractivity contribution in [2.75, 3.05) is 26.2 Å². The van der Waals surface area contributed by atoms with E-state index in [4.69, 9.17) is 4.74 Å². The van der Waals surface area contributed by atoms with Crippen molar-refractivity contribution in [1.29, 1.82) is 0 Å². The Labute approximate surface area is 86.6 Å². The number of hydrogen-bond donors (Lipinski definition) is 2. The van der Waals surface area contributed by atoms with Crippen LogP contribution in [0.4, 0.5) is 0 Å². The third-order valence-corrected chi connectivity index (χ3v) is 3.20. The topological polar surface area (TPSA) is 33.3 Å². The highest BCUT2D eigenvalue weighted by atomic mass is 16.5. The van der Waals surface area contributed by atoms with Crippen LogP contribution in [-0.4, -0.2) is 38.4 Å². The maximum atomic E-state index is 5.56. The second kappa shape index (κ2) is 5.69. The smallest absolute Gasteiger partial charge is 0.0700 e. The summed E-state index contributed by atoms with van der Waals surface area (Å²) in [7, 11) is 0. The van der Waals surface area contributed by atoms with Crippen molar-refractivity contribution < 1.29 is 4.74 Å². The lowest BCUT2D eigenvalue weighted by atomic mass is 10.1. The Bertz CT molecular complexity index is 151. The first-order valence-electron chi connectivity index (χ1n) is 6.01. The summed E-state index contributed by atoms with van der Waals surface area (Å²) in [5, 5.41) is 7.05. The van der Waals surface area contributed by atoms with E-state index in [1.165, 1.54) is 38.6 Å². The van der Waals surface area contributed by atoms with Crippen molar-refractivity contribution in [1.82, 2.24) is 10.6 Å². The summed E-state index contributed by atoms with van der Waals surface area (Å²) in [6, 6.07) is 0.699. The SMILES string of the molecule is C1CCC(CNCC2CCCO2)NC1. The maximum absolute atomic E-state index is 5.56. The highest BCUT2D eigenvalue weighted by Crippen LogP contribution is 2.11. The van der Waals surface area contributed by atoms with E-state index in [1.54, 1.807) is 0 Å². The minimum atomic E-state index is 0.485. The Morgan fingerprint density at radius 2 is 2.14 bits per heavy atom. The lowest BCUT2D eigenvalue weighted by molar-refractivity contribution is 0.109. The highest BCUT2D eigenvalue weighted by Gasteiger charge is 2.16. The summed E-state index contributed by atoms with van der Waals surface area (Å²) in [4.78, 5) is 0. The monoisotopic (exact) mass is 198 g/mol. The fourth-order valence-electron chi connectivity index (χ4n) is 2.32. The van der Waals surface area contributed by atoms with Gasteiger partial charge >= 0.3 is 0 Å². The number of ether oxygens (including phenoxy) is 1. The molecule has 0 aliphatic carbocycles. The van der Waals surface area contributed by atoms with Crippen LogP contribution in [0.3, 0.4) is 0 Å². The van der Waals surface area contributed by atoms with Gasteiger partial charge in [0.2, 0.25) is 0 Å². The molecule has 0 saturated carbocycles. The van der Waals surface area contributed by atoms with Crippen LogP contribution in [0.5, 0.6) is 0 Å². The molecule has 14 heavy (non-hydrogen) atoms. The Balaban J connectivity index is 1.52. The zero-order chi connectivity index (χ0) is 9.64. The fourth-order valence-corrected chi connectivity index (χ4v) is 2.32. The minimum Gasteiger partial charge on any atom is -0.377 e. The van der Waals surface area contributed by atoms with Gasteiger partial charge < -0.3 is 15.4 Å². The van der Waals surface area contributed by atoms with Crippen molar-refractivity contribution in [3.05, 3.63) is 0 Å². The molecular weight excluding hydrogens is 176 g/mol. The minimum absolute atomic E-state index is 0.485. The van der Waals surface area contributed by atoms with Crippen LogP contribution in [-0.2, 0) is 4.74 Å². The van der Waals surface area contributed by atoms with E-state index in [1.807, 2.05) is 0 Å². The van der Waals surface area contributed by atoms with Crippen molar-refractivity contribution >= 4 is 0 Å². The van der Waals surface area contributed by atoms with Gasteiger partial charge in [-0.05, 0) is 32.2 Å². The molecular formula is C11H22N2O.